The summed E-state index contributed by atoms with van der Waals surface area (Å²) in [6.07, 6.45) is -0.324. The van der Waals surface area contributed by atoms with Gasteiger partial charge in [0.25, 0.3) is 5.91 Å². The lowest BCUT2D eigenvalue weighted by atomic mass is 10.1. The van der Waals surface area contributed by atoms with Crippen LogP contribution in [0.2, 0.25) is 0 Å². The molecule has 0 saturated carbocycles. The van der Waals surface area contributed by atoms with Crippen molar-refractivity contribution in [3.8, 4) is 0 Å². The van der Waals surface area contributed by atoms with Crippen LogP contribution in [0.4, 0.5) is 0 Å². The molecule has 0 bridgehead atoms. The number of benzene rings is 2. The first-order valence-corrected chi connectivity index (χ1v) is 7.54. The molecule has 1 atom stereocenters. The van der Waals surface area contributed by atoms with E-state index < -0.39 is 0 Å². The Morgan fingerprint density at radius 3 is 2.65 bits per heavy atom. The summed E-state index contributed by atoms with van der Waals surface area (Å²) < 4.78 is 11.3. The number of nitrogens with one attached hydrogen (secondary N) is 1. The normalized spacial score (nSPS) is 12.3. The molecular weight excluding hydrogens is 290 g/mol. The highest BCUT2D eigenvalue weighted by molar-refractivity contribution is 5.95. The molecule has 0 aliphatic heterocycles. The van der Waals surface area contributed by atoms with Gasteiger partial charge in [0.1, 0.15) is 17.4 Å². The van der Waals surface area contributed by atoms with Crippen LogP contribution in [0.1, 0.15) is 27.8 Å². The average molecular weight is 309 g/mol. The van der Waals surface area contributed by atoms with Crippen molar-refractivity contribution in [2.45, 2.75) is 13.0 Å². The molecule has 0 radical (unpaired) electrons. The molecule has 23 heavy (non-hydrogen) atoms. The number of hydrogen-bond acceptors (Lipinski definition) is 3. The Bertz CT molecular complexity index is 789. The number of para-hydroxylation sites is 1. The second kappa shape index (κ2) is 6.67. The number of carbonyl (C=O) groups excluding carboxylic acids is 1. The van der Waals surface area contributed by atoms with E-state index in [-0.39, 0.29) is 12.0 Å². The minimum Gasteiger partial charge on any atom is -0.458 e. The van der Waals surface area contributed by atoms with Gasteiger partial charge in [0, 0.05) is 18.1 Å². The summed E-state index contributed by atoms with van der Waals surface area (Å²) >= 11 is 0. The molecule has 0 spiro atoms. The van der Waals surface area contributed by atoms with E-state index in [0.717, 1.165) is 16.5 Å². The molecule has 1 heterocycles. The number of amides is 1. The van der Waals surface area contributed by atoms with Crippen LogP contribution in [0.3, 0.4) is 0 Å². The Morgan fingerprint density at radius 2 is 1.91 bits per heavy atom. The third-order valence-corrected chi connectivity index (χ3v) is 3.88. The summed E-state index contributed by atoms with van der Waals surface area (Å²) in [6, 6.07) is 17.2. The van der Waals surface area contributed by atoms with Crippen LogP contribution in [0.25, 0.3) is 11.0 Å². The number of ether oxygens (including phenoxy) is 1. The van der Waals surface area contributed by atoms with Gasteiger partial charge in [-0.15, -0.1) is 0 Å². The summed E-state index contributed by atoms with van der Waals surface area (Å²) in [6.45, 7) is 2.27. The first kappa shape index (κ1) is 15.3. The maximum absolute atomic E-state index is 12.3. The summed E-state index contributed by atoms with van der Waals surface area (Å²) in [7, 11) is 1.61. The van der Waals surface area contributed by atoms with E-state index in [4.69, 9.17) is 9.15 Å². The van der Waals surface area contributed by atoms with E-state index in [2.05, 4.69) is 5.32 Å². The van der Waals surface area contributed by atoms with Gasteiger partial charge in [-0.2, -0.15) is 0 Å². The van der Waals surface area contributed by atoms with Crippen LogP contribution in [0.5, 0.6) is 0 Å². The fraction of sp³-hybridized carbons (Fsp3) is 0.211. The van der Waals surface area contributed by atoms with Crippen molar-refractivity contribution >= 4 is 16.9 Å². The highest BCUT2D eigenvalue weighted by atomic mass is 16.5. The van der Waals surface area contributed by atoms with Crippen LogP contribution in [0, 0.1) is 6.92 Å². The molecule has 0 fully saturated rings. The standard InChI is InChI=1S/C19H19NO3/c1-13-7-3-5-9-15(13)19(21)20-12-18(22-2)17-11-14-8-4-6-10-16(14)23-17/h3-11,18H,12H2,1-2H3,(H,20,21)/t18-/m0/s1. The first-order valence-electron chi connectivity index (χ1n) is 7.54. The number of aryl methyl sites for hydroxylation is 1. The van der Waals surface area contributed by atoms with E-state index in [9.17, 15) is 4.79 Å². The van der Waals surface area contributed by atoms with Gasteiger partial charge in [-0.1, -0.05) is 36.4 Å². The maximum atomic E-state index is 12.3. The number of methoxy groups -OCH3 is 1. The second-order valence-corrected chi connectivity index (χ2v) is 5.44. The molecule has 0 aliphatic carbocycles. The Labute approximate surface area is 135 Å². The lowest BCUT2D eigenvalue weighted by Crippen LogP contribution is -2.29. The predicted molar refractivity (Wildman–Crippen MR) is 89.5 cm³/mol. The molecule has 1 N–H and O–H groups in total. The minimum absolute atomic E-state index is 0.110. The lowest BCUT2D eigenvalue weighted by molar-refractivity contribution is 0.0747. The van der Waals surface area contributed by atoms with Crippen molar-refractivity contribution in [2.24, 2.45) is 0 Å². The SMILES string of the molecule is CO[C@@H](CNC(=O)c1ccccc1C)c1cc2ccccc2o1. The molecule has 0 saturated heterocycles. The van der Waals surface area contributed by atoms with E-state index in [1.165, 1.54) is 0 Å². The lowest BCUT2D eigenvalue weighted by Gasteiger charge is -2.14. The molecule has 0 unspecified atom stereocenters. The predicted octanol–water partition coefficient (Wildman–Crippen LogP) is 3.86. The molecule has 3 aromatic rings. The number of fused-ring (bicyclic) bond motifs is 1. The number of furan rings is 1. The zero-order valence-corrected chi connectivity index (χ0v) is 13.2. The Kier molecular flexibility index (Phi) is 4.44. The third-order valence-electron chi connectivity index (χ3n) is 3.88. The van der Waals surface area contributed by atoms with Gasteiger partial charge in [-0.25, -0.2) is 0 Å². The Hall–Kier alpha value is -2.59. The Balaban J connectivity index is 1.72. The van der Waals surface area contributed by atoms with Crippen molar-refractivity contribution in [3.05, 3.63) is 71.5 Å². The van der Waals surface area contributed by atoms with Crippen molar-refractivity contribution in [3.63, 3.8) is 0 Å². The van der Waals surface area contributed by atoms with E-state index in [0.29, 0.717) is 17.9 Å². The van der Waals surface area contributed by atoms with Crippen molar-refractivity contribution in [1.82, 2.24) is 5.32 Å². The number of rotatable bonds is 5. The number of hydrogen-bond donors (Lipinski definition) is 1. The van der Waals surface area contributed by atoms with Gasteiger partial charge >= 0.3 is 0 Å². The largest absolute Gasteiger partial charge is 0.458 e. The zero-order valence-electron chi connectivity index (χ0n) is 13.2. The third kappa shape index (κ3) is 3.27. The summed E-state index contributed by atoms with van der Waals surface area (Å²) in [5.74, 6) is 0.597. The highest BCUT2D eigenvalue weighted by Crippen LogP contribution is 2.25. The van der Waals surface area contributed by atoms with Crippen LogP contribution < -0.4 is 5.32 Å². The first-order chi connectivity index (χ1) is 11.2. The van der Waals surface area contributed by atoms with Gasteiger partial charge in [-0.05, 0) is 30.7 Å². The topological polar surface area (TPSA) is 51.5 Å². The molecule has 4 nitrogen and oxygen atoms in total. The minimum atomic E-state index is -0.324. The van der Waals surface area contributed by atoms with Crippen molar-refractivity contribution in [1.29, 1.82) is 0 Å². The van der Waals surface area contributed by atoms with Crippen LogP contribution in [-0.2, 0) is 4.74 Å². The fourth-order valence-corrected chi connectivity index (χ4v) is 2.57. The molecule has 1 amide bonds. The second-order valence-electron chi connectivity index (χ2n) is 5.44. The van der Waals surface area contributed by atoms with Crippen LogP contribution in [-0.4, -0.2) is 19.6 Å². The van der Waals surface area contributed by atoms with Crippen LogP contribution in [0.15, 0.2) is 59.0 Å². The molecule has 0 aliphatic rings. The molecule has 3 rings (SSSR count). The average Bonchev–Trinajstić information content (AvgIpc) is 2.99. The van der Waals surface area contributed by atoms with Gasteiger partial charge in [-0.3, -0.25) is 4.79 Å². The molecule has 2 aromatic carbocycles. The molecule has 1 aromatic heterocycles. The monoisotopic (exact) mass is 309 g/mol. The summed E-state index contributed by atoms with van der Waals surface area (Å²) in [4.78, 5) is 12.3. The van der Waals surface area contributed by atoms with Gasteiger partial charge in [0.15, 0.2) is 0 Å². The fourth-order valence-electron chi connectivity index (χ4n) is 2.57. The van der Waals surface area contributed by atoms with Gasteiger partial charge in [0.2, 0.25) is 0 Å². The van der Waals surface area contributed by atoms with Gasteiger partial charge in [0.05, 0.1) is 6.54 Å². The van der Waals surface area contributed by atoms with E-state index in [1.807, 2.05) is 61.5 Å². The van der Waals surface area contributed by atoms with E-state index in [1.54, 1.807) is 7.11 Å². The van der Waals surface area contributed by atoms with E-state index >= 15 is 0 Å². The molecular formula is C19H19NO3. The molecule has 4 heteroatoms. The highest BCUT2D eigenvalue weighted by Gasteiger charge is 2.17. The smallest absolute Gasteiger partial charge is 0.251 e. The van der Waals surface area contributed by atoms with Crippen LogP contribution >= 0.6 is 0 Å². The number of carbonyl (C=O) groups is 1. The quantitative estimate of drug-likeness (QED) is 0.778. The summed E-state index contributed by atoms with van der Waals surface area (Å²) in [5.41, 5.74) is 2.43. The Morgan fingerprint density at radius 1 is 1.17 bits per heavy atom. The zero-order chi connectivity index (χ0) is 16.2. The van der Waals surface area contributed by atoms with Gasteiger partial charge < -0.3 is 14.5 Å². The summed E-state index contributed by atoms with van der Waals surface area (Å²) in [5, 5.41) is 3.93. The van der Waals surface area contributed by atoms with Crippen molar-refractivity contribution < 1.29 is 13.9 Å². The maximum Gasteiger partial charge on any atom is 0.251 e. The van der Waals surface area contributed by atoms with Crippen molar-refractivity contribution in [2.75, 3.05) is 13.7 Å². The molecule has 118 valence electrons.